The number of rotatable bonds is 3. The first-order valence-electron chi connectivity index (χ1n) is 12.2. The summed E-state index contributed by atoms with van der Waals surface area (Å²) in [7, 11) is 0. The third kappa shape index (κ3) is 2.92. The molecule has 0 saturated carbocycles. The second-order valence-corrected chi connectivity index (χ2v) is 5.39. The second kappa shape index (κ2) is 6.48. The number of piperidine rings is 1. The van der Waals surface area contributed by atoms with Gasteiger partial charge in [0, 0.05) is 35.4 Å². The van der Waals surface area contributed by atoms with E-state index in [-0.39, 0.29) is 29.3 Å². The Morgan fingerprint density at radius 1 is 1.71 bits per heavy atom. The van der Waals surface area contributed by atoms with Crippen molar-refractivity contribution in [1.82, 2.24) is 19.9 Å². The lowest BCUT2D eigenvalue weighted by Crippen LogP contribution is -2.53. The zero-order valence-corrected chi connectivity index (χ0v) is 13.0. The van der Waals surface area contributed by atoms with E-state index < -0.39 is 63.3 Å². The fraction of sp³-hybridized carbons (Fsp3) is 0.529. The van der Waals surface area contributed by atoms with Gasteiger partial charge in [0.2, 0.25) is 0 Å². The molecular formula is C17H22N6O. The number of carbonyl (C=O) groups is 1. The van der Waals surface area contributed by atoms with Gasteiger partial charge < -0.3 is 19.6 Å². The van der Waals surface area contributed by atoms with E-state index in [1.807, 2.05) is 0 Å². The minimum atomic E-state index is -3.27. The molecule has 2 aromatic rings. The van der Waals surface area contributed by atoms with Crippen molar-refractivity contribution in [3.63, 3.8) is 0 Å². The fourth-order valence-electron chi connectivity index (χ4n) is 2.56. The highest BCUT2D eigenvalue weighted by Gasteiger charge is 2.33. The van der Waals surface area contributed by atoms with Crippen molar-refractivity contribution >= 4 is 22.8 Å². The molecule has 0 radical (unpaired) electrons. The van der Waals surface area contributed by atoms with Crippen LogP contribution in [0.2, 0.25) is 0 Å². The third-order valence-corrected chi connectivity index (χ3v) is 3.77. The minimum Gasteiger partial charge on any atom is -0.354 e. The van der Waals surface area contributed by atoms with E-state index in [0.717, 1.165) is 4.90 Å². The number of likely N-dealkylation sites (N-methyl/N-ethyl adjacent to an activating group) is 1. The standard InChI is InChI=1S/C17H22N6O/c1-11-5-6-23(15(24)8-18-3)9-14(11)22(4)17-13-7-12(2)21-16(13)19-10-20-17/h7,10-11,14H,5-6,8-9H2,1-2,4H3,(H,19,20,21)/t11-,14+/m1/s1/i1D3,4D3,7D,10D,11D,14D. The normalized spacial score (nSPS) is 34.1. The number of anilines is 1. The Morgan fingerprint density at radius 3 is 3.33 bits per heavy atom. The average molecular weight is 336 g/mol. The molecule has 0 aromatic carbocycles. The van der Waals surface area contributed by atoms with Gasteiger partial charge >= 0.3 is 5.91 Å². The molecule has 1 aliphatic heterocycles. The van der Waals surface area contributed by atoms with E-state index in [0.29, 0.717) is 4.90 Å². The highest BCUT2D eigenvalue weighted by atomic mass is 16.2. The summed E-state index contributed by atoms with van der Waals surface area (Å²) in [5.74, 6) is -4.03. The molecule has 3 rings (SSSR count). The fourth-order valence-corrected chi connectivity index (χ4v) is 2.56. The Labute approximate surface area is 155 Å². The summed E-state index contributed by atoms with van der Waals surface area (Å²) >= 11 is 0. The first kappa shape index (κ1) is 7.97. The summed E-state index contributed by atoms with van der Waals surface area (Å²) in [5.41, 5.74) is 0.211. The number of aryl methyl sites for hydroxylation is 1. The number of amides is 1. The van der Waals surface area contributed by atoms with Gasteiger partial charge in [-0.3, -0.25) is 4.79 Å². The van der Waals surface area contributed by atoms with Crippen LogP contribution in [0.25, 0.3) is 15.9 Å². The van der Waals surface area contributed by atoms with Crippen LogP contribution in [-0.4, -0.2) is 58.4 Å². The third-order valence-electron chi connectivity index (χ3n) is 3.77. The van der Waals surface area contributed by atoms with Gasteiger partial charge in [0.1, 0.15) is 19.1 Å². The highest BCUT2D eigenvalue weighted by Crippen LogP contribution is 2.29. The molecule has 3 heterocycles. The molecular weight excluding hydrogens is 304 g/mol. The lowest BCUT2D eigenvalue weighted by atomic mass is 9.92. The van der Waals surface area contributed by atoms with Crippen LogP contribution in [0.3, 0.4) is 0 Å². The molecule has 2 aromatic heterocycles. The number of aromatic amines is 1. The molecule has 0 aliphatic carbocycles. The van der Waals surface area contributed by atoms with Crippen molar-refractivity contribution in [3.8, 4) is 0 Å². The van der Waals surface area contributed by atoms with Gasteiger partial charge in [-0.05, 0) is 25.3 Å². The van der Waals surface area contributed by atoms with Crippen LogP contribution < -0.4 is 4.90 Å². The lowest BCUT2D eigenvalue weighted by Gasteiger charge is -2.41. The van der Waals surface area contributed by atoms with E-state index in [4.69, 9.17) is 18.9 Å². The van der Waals surface area contributed by atoms with E-state index >= 15 is 0 Å². The first-order chi connectivity index (χ1) is 15.5. The van der Waals surface area contributed by atoms with Crippen molar-refractivity contribution < 1.29 is 18.5 Å². The maximum atomic E-state index is 12.5. The predicted molar refractivity (Wildman–Crippen MR) is 92.6 cm³/mol. The highest BCUT2D eigenvalue weighted by molar-refractivity contribution is 5.88. The number of fused-ring (bicyclic) bond motifs is 1. The molecule has 1 fully saturated rings. The summed E-state index contributed by atoms with van der Waals surface area (Å²) in [6.45, 7) is 0.341. The monoisotopic (exact) mass is 336 g/mol. The smallest absolute Gasteiger partial charge is 0.302 e. The largest absolute Gasteiger partial charge is 0.354 e. The molecule has 2 atom stereocenters. The number of hydrogen-bond donors (Lipinski definition) is 1. The molecule has 1 saturated heterocycles. The first-order valence-corrected chi connectivity index (χ1v) is 7.23. The van der Waals surface area contributed by atoms with E-state index in [9.17, 15) is 6.17 Å². The van der Waals surface area contributed by atoms with Crippen molar-refractivity contribution in [2.24, 2.45) is 5.89 Å². The average Bonchev–Trinajstić information content (AvgIpc) is 2.95. The summed E-state index contributed by atoms with van der Waals surface area (Å²) in [4.78, 5) is 27.2. The molecule has 126 valence electrons. The van der Waals surface area contributed by atoms with Gasteiger partial charge in [0.05, 0.1) is 14.1 Å². The molecule has 0 spiro atoms. The van der Waals surface area contributed by atoms with Crippen LogP contribution >= 0.6 is 0 Å². The zero-order chi connectivity index (χ0) is 25.9. The van der Waals surface area contributed by atoms with Crippen LogP contribution in [0.1, 0.15) is 32.7 Å². The van der Waals surface area contributed by atoms with Gasteiger partial charge in [0.15, 0.2) is 0 Å². The number of H-pyrrole nitrogens is 1. The topological polar surface area (TPSA) is 69.5 Å². The molecule has 7 heteroatoms. The van der Waals surface area contributed by atoms with E-state index in [1.54, 1.807) is 0 Å². The number of nitrogens with zero attached hydrogens (tertiary/aromatic N) is 5. The van der Waals surface area contributed by atoms with E-state index in [2.05, 4.69) is 19.8 Å². The zero-order valence-electron chi connectivity index (χ0n) is 23.0. The Balaban J connectivity index is 2.37. The summed E-state index contributed by atoms with van der Waals surface area (Å²) in [6, 6.07) is -3.05. The van der Waals surface area contributed by atoms with Crippen molar-refractivity contribution in [3.05, 3.63) is 29.5 Å². The van der Waals surface area contributed by atoms with Gasteiger partial charge in [0.25, 0.3) is 6.54 Å². The molecule has 7 nitrogen and oxygen atoms in total. The Hall–Kier alpha value is -2.62. The quantitative estimate of drug-likeness (QED) is 0.869. The predicted octanol–water partition coefficient (Wildman–Crippen LogP) is 1.86. The van der Waals surface area contributed by atoms with Crippen LogP contribution in [0.5, 0.6) is 0 Å². The Kier molecular flexibility index (Phi) is 2.15. The number of nitrogens with one attached hydrogen (secondary N) is 1. The molecule has 24 heavy (non-hydrogen) atoms. The molecule has 0 bridgehead atoms. The van der Waals surface area contributed by atoms with Crippen LogP contribution in [0, 0.1) is 19.4 Å². The van der Waals surface area contributed by atoms with Gasteiger partial charge in [-0.25, -0.2) is 16.5 Å². The van der Waals surface area contributed by atoms with Gasteiger partial charge in [-0.1, -0.05) is 6.85 Å². The van der Waals surface area contributed by atoms with Crippen LogP contribution in [0.15, 0.2) is 12.3 Å². The van der Waals surface area contributed by atoms with Crippen molar-refractivity contribution in [2.45, 2.75) is 26.2 Å². The Morgan fingerprint density at radius 2 is 2.58 bits per heavy atom. The summed E-state index contributed by atoms with van der Waals surface area (Å²) < 4.78 is 82.8. The van der Waals surface area contributed by atoms with Crippen LogP contribution in [0.4, 0.5) is 5.82 Å². The SMILES string of the molecule is [2H]c1nc(N(C([2H])([2H])[2H])[C@@]2([2H])CN(C(=O)C[N+]#[C-])CC[C@@]2([2H])C([2H])([2H])[2H])c2c([2H])c(C)[nH]c2n1. The van der Waals surface area contributed by atoms with Gasteiger partial charge in [-0.15, -0.1) is 0 Å². The lowest BCUT2D eigenvalue weighted by molar-refractivity contribution is -0.130. The van der Waals surface area contributed by atoms with E-state index in [1.165, 1.54) is 6.92 Å². The molecule has 1 N–H and O–H groups in total. The maximum absolute atomic E-state index is 12.5. The Bertz CT molecular complexity index is 1170. The van der Waals surface area contributed by atoms with Crippen LogP contribution in [-0.2, 0) is 4.79 Å². The molecule has 0 unspecified atom stereocenters. The molecule has 1 aliphatic rings. The maximum Gasteiger partial charge on any atom is 0.302 e. The van der Waals surface area contributed by atoms with Gasteiger partial charge in [-0.2, -0.15) is 0 Å². The number of likely N-dealkylation sites (tertiary alicyclic amines) is 1. The number of aromatic nitrogens is 3. The summed E-state index contributed by atoms with van der Waals surface area (Å²) in [5, 5.41) is -0.159. The summed E-state index contributed by atoms with van der Waals surface area (Å²) in [6.07, 6.45) is -1.23. The van der Waals surface area contributed by atoms with Crippen molar-refractivity contribution in [2.75, 3.05) is 31.5 Å². The molecule has 1 amide bonds. The van der Waals surface area contributed by atoms with Crippen molar-refractivity contribution in [1.29, 1.82) is 0 Å². The minimum absolute atomic E-state index is 0.0587. The number of carbonyl (C=O) groups excluding carboxylic acids is 1. The second-order valence-electron chi connectivity index (χ2n) is 5.39. The number of hydrogen-bond acceptors (Lipinski definition) is 4.